The number of nitrogens with zero attached hydrogens (tertiary/aromatic N) is 2. The van der Waals surface area contributed by atoms with Crippen LogP contribution in [-0.2, 0) is 10.8 Å². The minimum absolute atomic E-state index is 0.0428. The van der Waals surface area contributed by atoms with E-state index >= 15 is 0 Å². The van der Waals surface area contributed by atoms with Gasteiger partial charge in [0.2, 0.25) is 0 Å². The molecule has 0 fully saturated rings. The third kappa shape index (κ3) is 6.01. The molecule has 0 N–H and O–H groups in total. The molecule has 11 rings (SSSR count). The van der Waals surface area contributed by atoms with E-state index in [1.165, 1.54) is 100 Å². The van der Waals surface area contributed by atoms with Gasteiger partial charge >= 0.3 is 0 Å². The van der Waals surface area contributed by atoms with E-state index in [1.807, 2.05) is 0 Å². The van der Waals surface area contributed by atoms with Crippen LogP contribution in [0.25, 0.3) is 61.2 Å². The van der Waals surface area contributed by atoms with E-state index in [9.17, 15) is 0 Å². The van der Waals surface area contributed by atoms with Crippen molar-refractivity contribution < 1.29 is 0 Å². The van der Waals surface area contributed by atoms with Gasteiger partial charge in [-0.25, -0.2) is 0 Å². The predicted octanol–water partition coefficient (Wildman–Crippen LogP) is 13.5. The lowest BCUT2D eigenvalue weighted by atomic mass is 9.33. The number of para-hydroxylation sites is 1. The van der Waals surface area contributed by atoms with Gasteiger partial charge in [0.1, 0.15) is 0 Å². The molecule has 61 heavy (non-hydrogen) atoms. The molecular formula is C58H49BN2. The van der Waals surface area contributed by atoms with Crippen LogP contribution in [-0.4, -0.2) is 11.3 Å². The van der Waals surface area contributed by atoms with Crippen molar-refractivity contribution in [1.82, 2.24) is 4.57 Å². The highest BCUT2D eigenvalue weighted by molar-refractivity contribution is 7.00. The zero-order valence-corrected chi connectivity index (χ0v) is 35.9. The molecule has 2 aliphatic rings. The van der Waals surface area contributed by atoms with Crippen molar-refractivity contribution in [2.24, 2.45) is 0 Å². The van der Waals surface area contributed by atoms with Crippen molar-refractivity contribution >= 4 is 51.1 Å². The van der Waals surface area contributed by atoms with E-state index in [4.69, 9.17) is 0 Å². The number of fused-ring (bicyclic) bond motifs is 4. The van der Waals surface area contributed by atoms with E-state index in [-0.39, 0.29) is 17.5 Å². The first kappa shape index (κ1) is 37.2. The summed E-state index contributed by atoms with van der Waals surface area (Å²) in [7, 11) is 0. The molecule has 0 spiro atoms. The Kier molecular flexibility index (Phi) is 8.45. The van der Waals surface area contributed by atoms with Crippen LogP contribution in [0.2, 0.25) is 0 Å². The number of benzene rings is 8. The molecular weight excluding hydrogens is 735 g/mol. The van der Waals surface area contributed by atoms with Crippen molar-refractivity contribution in [1.29, 1.82) is 0 Å². The van der Waals surface area contributed by atoms with Crippen molar-refractivity contribution in [3.8, 4) is 50.3 Å². The maximum atomic E-state index is 2.58. The normalized spacial score (nSPS) is 13.0. The Bertz CT molecular complexity index is 3130. The number of anilines is 3. The van der Waals surface area contributed by atoms with Crippen molar-refractivity contribution in [3.05, 3.63) is 199 Å². The minimum Gasteiger partial charge on any atom is -0.311 e. The summed E-state index contributed by atoms with van der Waals surface area (Å²) in [6.07, 6.45) is 0. The zero-order valence-electron chi connectivity index (χ0n) is 35.9. The summed E-state index contributed by atoms with van der Waals surface area (Å²) in [4.78, 5) is 2.54. The Morgan fingerprint density at radius 3 is 1.57 bits per heavy atom. The molecule has 0 atom stereocenters. The molecule has 0 bridgehead atoms. The average molecular weight is 785 g/mol. The van der Waals surface area contributed by atoms with Crippen LogP contribution >= 0.6 is 0 Å². The van der Waals surface area contributed by atoms with Gasteiger partial charge < -0.3 is 9.47 Å². The van der Waals surface area contributed by atoms with Gasteiger partial charge in [-0.05, 0) is 102 Å². The predicted molar refractivity (Wildman–Crippen MR) is 262 cm³/mol. The summed E-state index contributed by atoms with van der Waals surface area (Å²) < 4.78 is 2.58. The second-order valence-electron chi connectivity index (χ2n) is 19.0. The lowest BCUT2D eigenvalue weighted by Gasteiger charge is -2.40. The fraction of sp³-hybridized carbons (Fsp3) is 0.138. The first-order valence-corrected chi connectivity index (χ1v) is 21.7. The van der Waals surface area contributed by atoms with Crippen molar-refractivity contribution in [2.45, 2.75) is 52.4 Å². The van der Waals surface area contributed by atoms with Crippen LogP contribution in [0.15, 0.2) is 188 Å². The molecule has 0 unspecified atom stereocenters. The fourth-order valence-electron chi connectivity index (χ4n) is 10.0. The van der Waals surface area contributed by atoms with Gasteiger partial charge in [-0.15, -0.1) is 0 Å². The van der Waals surface area contributed by atoms with E-state index < -0.39 is 0 Å². The zero-order chi connectivity index (χ0) is 41.6. The number of aromatic nitrogens is 1. The Morgan fingerprint density at radius 2 is 0.934 bits per heavy atom. The van der Waals surface area contributed by atoms with Crippen LogP contribution < -0.4 is 21.3 Å². The highest BCUT2D eigenvalue weighted by atomic mass is 15.2. The Hall–Kier alpha value is -6.84. The third-order valence-corrected chi connectivity index (χ3v) is 13.1. The quantitative estimate of drug-likeness (QED) is 0.158. The van der Waals surface area contributed by atoms with Gasteiger partial charge in [0.15, 0.2) is 0 Å². The van der Waals surface area contributed by atoms with Crippen molar-refractivity contribution in [2.75, 3.05) is 4.90 Å². The number of hydrogen-bond donors (Lipinski definition) is 0. The SMILES string of the molecule is CC(C)(C)c1ccc(-c2cccc(N3c4cc(-c5ccc(C(C)(C)C)cc5)ccc4B4c5c3cccc5-n3c(-c5ccccc5)c(-c5ccccc5)c5cccc4c53)c2)cc1. The molecule has 3 heterocycles. The molecule has 0 saturated carbocycles. The topological polar surface area (TPSA) is 8.17 Å². The van der Waals surface area contributed by atoms with Crippen LogP contribution in [0, 0.1) is 0 Å². The number of hydrogen-bond acceptors (Lipinski definition) is 1. The first-order chi connectivity index (χ1) is 29.5. The minimum atomic E-state index is 0.0428. The van der Waals surface area contributed by atoms with Crippen LogP contribution in [0.3, 0.4) is 0 Å². The van der Waals surface area contributed by atoms with Crippen LogP contribution in [0.5, 0.6) is 0 Å². The van der Waals surface area contributed by atoms with E-state index in [0.29, 0.717) is 0 Å². The molecule has 0 aliphatic carbocycles. The van der Waals surface area contributed by atoms with Gasteiger partial charge in [-0.2, -0.15) is 0 Å². The second-order valence-corrected chi connectivity index (χ2v) is 19.0. The summed E-state index contributed by atoms with van der Waals surface area (Å²) in [6, 6.07) is 70.6. The van der Waals surface area contributed by atoms with Gasteiger partial charge in [-0.1, -0.05) is 199 Å². The van der Waals surface area contributed by atoms with Gasteiger partial charge in [0.25, 0.3) is 6.71 Å². The third-order valence-electron chi connectivity index (χ3n) is 13.1. The van der Waals surface area contributed by atoms with Crippen molar-refractivity contribution in [3.63, 3.8) is 0 Å². The standard InChI is InChI=1S/C58H49BN2/c1-57(2,3)44-31-26-38(27-32-44)42-20-13-21-46(36-42)60-50-24-15-25-51-54(50)59(48-35-30-43(37-52(48)60)39-28-33-45(34-29-39)58(4,5)6)49-23-14-22-47-53(40-16-9-7-10-17-40)55(61(51)56(47)49)41-18-11-8-12-19-41/h7-37H,1-6H3. The summed E-state index contributed by atoms with van der Waals surface area (Å²) in [6.45, 7) is 13.7. The Balaban J connectivity index is 1.18. The largest absolute Gasteiger partial charge is 0.311 e. The molecule has 2 aliphatic heterocycles. The lowest BCUT2D eigenvalue weighted by molar-refractivity contribution is 0.590. The number of rotatable bonds is 5. The smallest absolute Gasteiger partial charge is 0.252 e. The van der Waals surface area contributed by atoms with Gasteiger partial charge in [-0.3, -0.25) is 0 Å². The molecule has 9 aromatic rings. The van der Waals surface area contributed by atoms with Crippen LogP contribution in [0.4, 0.5) is 17.1 Å². The Labute approximate surface area is 360 Å². The molecule has 8 aromatic carbocycles. The monoisotopic (exact) mass is 784 g/mol. The first-order valence-electron chi connectivity index (χ1n) is 21.7. The molecule has 294 valence electrons. The van der Waals surface area contributed by atoms with E-state index in [1.54, 1.807) is 0 Å². The molecule has 1 aromatic heterocycles. The summed E-state index contributed by atoms with van der Waals surface area (Å²) in [5, 5.41) is 1.28. The van der Waals surface area contributed by atoms with E-state index in [0.717, 1.165) is 5.69 Å². The second kappa shape index (κ2) is 13.9. The van der Waals surface area contributed by atoms with Gasteiger partial charge in [0, 0.05) is 39.2 Å². The molecule has 0 radical (unpaired) electrons. The molecule has 0 saturated heterocycles. The van der Waals surface area contributed by atoms with Crippen LogP contribution in [0.1, 0.15) is 52.7 Å². The summed E-state index contributed by atoms with van der Waals surface area (Å²) in [5.74, 6) is 0. The molecule has 2 nitrogen and oxygen atoms in total. The molecule has 0 amide bonds. The summed E-state index contributed by atoms with van der Waals surface area (Å²) >= 11 is 0. The summed E-state index contributed by atoms with van der Waals surface area (Å²) in [5.41, 5.74) is 22.8. The fourth-order valence-corrected chi connectivity index (χ4v) is 10.0. The molecule has 3 heteroatoms. The van der Waals surface area contributed by atoms with Gasteiger partial charge in [0.05, 0.1) is 5.69 Å². The highest BCUT2D eigenvalue weighted by Gasteiger charge is 2.43. The lowest BCUT2D eigenvalue weighted by Crippen LogP contribution is -2.60. The maximum absolute atomic E-state index is 2.58. The van der Waals surface area contributed by atoms with E-state index in [2.05, 4.69) is 239 Å². The average Bonchev–Trinajstić information content (AvgIpc) is 3.64. The Morgan fingerprint density at radius 1 is 0.393 bits per heavy atom. The maximum Gasteiger partial charge on any atom is 0.252 e. The highest BCUT2D eigenvalue weighted by Crippen LogP contribution is 2.47.